The molecule has 4 heteroatoms. The van der Waals surface area contributed by atoms with Crippen LogP contribution in [-0.2, 0) is 0 Å². The highest BCUT2D eigenvalue weighted by atomic mass is 16.6. The predicted molar refractivity (Wildman–Crippen MR) is 72.9 cm³/mol. The summed E-state index contributed by atoms with van der Waals surface area (Å²) in [6, 6.07) is 13.9. The first-order valence-electron chi connectivity index (χ1n) is 5.43. The summed E-state index contributed by atoms with van der Waals surface area (Å²) in [6.07, 6.45) is 3.83. The quantitative estimate of drug-likeness (QED) is 0.387. The summed E-state index contributed by atoms with van der Waals surface area (Å²) in [5, 5.41) is 10.5. The maximum atomic E-state index is 10.5. The lowest BCUT2D eigenvalue weighted by Crippen LogP contribution is -1.86. The third-order valence-electron chi connectivity index (χ3n) is 2.51. The number of nitro groups is 1. The van der Waals surface area contributed by atoms with E-state index in [9.17, 15) is 10.1 Å². The van der Waals surface area contributed by atoms with Crippen LogP contribution in [0.3, 0.4) is 0 Å². The Hall–Kier alpha value is -2.62. The van der Waals surface area contributed by atoms with E-state index in [4.69, 9.17) is 5.73 Å². The van der Waals surface area contributed by atoms with Gasteiger partial charge >= 0.3 is 0 Å². The van der Waals surface area contributed by atoms with Gasteiger partial charge in [0.1, 0.15) is 0 Å². The molecule has 4 nitrogen and oxygen atoms in total. The Morgan fingerprint density at radius 1 is 0.889 bits per heavy atom. The van der Waals surface area contributed by atoms with E-state index >= 15 is 0 Å². The molecule has 0 aromatic heterocycles. The van der Waals surface area contributed by atoms with Gasteiger partial charge in [0.15, 0.2) is 0 Å². The molecule has 0 amide bonds. The Balaban J connectivity index is 2.13. The minimum Gasteiger partial charge on any atom is -0.399 e. The molecule has 0 aliphatic carbocycles. The molecule has 0 unspecified atom stereocenters. The highest BCUT2D eigenvalue weighted by Crippen LogP contribution is 2.14. The zero-order valence-electron chi connectivity index (χ0n) is 9.61. The zero-order valence-corrected chi connectivity index (χ0v) is 9.61. The standard InChI is InChI=1S/C14H12N2O2/c15-13-7-3-11(4-8-13)1-2-12-5-9-14(10-6-12)16(17)18/h1-10H,15H2/b2-1-. The van der Waals surface area contributed by atoms with Crippen LogP contribution in [0.25, 0.3) is 12.2 Å². The molecular weight excluding hydrogens is 228 g/mol. The Morgan fingerprint density at radius 2 is 1.33 bits per heavy atom. The van der Waals surface area contributed by atoms with E-state index in [0.29, 0.717) is 0 Å². The van der Waals surface area contributed by atoms with Gasteiger partial charge in [-0.05, 0) is 35.4 Å². The van der Waals surface area contributed by atoms with Crippen LogP contribution in [0.5, 0.6) is 0 Å². The number of nitrogen functional groups attached to an aromatic ring is 1. The maximum Gasteiger partial charge on any atom is 0.269 e. The van der Waals surface area contributed by atoms with Crippen LogP contribution in [0.2, 0.25) is 0 Å². The first-order valence-corrected chi connectivity index (χ1v) is 5.43. The van der Waals surface area contributed by atoms with Gasteiger partial charge in [0.2, 0.25) is 0 Å². The van der Waals surface area contributed by atoms with Crippen molar-refractivity contribution in [2.75, 3.05) is 5.73 Å². The van der Waals surface area contributed by atoms with Gasteiger partial charge in [-0.2, -0.15) is 0 Å². The van der Waals surface area contributed by atoms with Crippen molar-refractivity contribution in [2.24, 2.45) is 0 Å². The van der Waals surface area contributed by atoms with Crippen molar-refractivity contribution < 1.29 is 4.92 Å². The lowest BCUT2D eigenvalue weighted by Gasteiger charge is -1.96. The van der Waals surface area contributed by atoms with Gasteiger partial charge in [0, 0.05) is 17.8 Å². The number of non-ortho nitro benzene ring substituents is 1. The Morgan fingerprint density at radius 3 is 1.78 bits per heavy atom. The predicted octanol–water partition coefficient (Wildman–Crippen LogP) is 3.35. The molecule has 0 fully saturated rings. The fraction of sp³-hybridized carbons (Fsp3) is 0. The minimum absolute atomic E-state index is 0.0969. The molecular formula is C14H12N2O2. The van der Waals surface area contributed by atoms with E-state index in [1.165, 1.54) is 12.1 Å². The van der Waals surface area contributed by atoms with Crippen molar-refractivity contribution in [1.82, 2.24) is 0 Å². The number of hydrogen-bond donors (Lipinski definition) is 1. The van der Waals surface area contributed by atoms with E-state index in [1.54, 1.807) is 12.1 Å². The van der Waals surface area contributed by atoms with Crippen LogP contribution in [-0.4, -0.2) is 4.92 Å². The fourth-order valence-electron chi connectivity index (χ4n) is 1.51. The van der Waals surface area contributed by atoms with E-state index in [0.717, 1.165) is 16.8 Å². The summed E-state index contributed by atoms with van der Waals surface area (Å²) in [7, 11) is 0. The second kappa shape index (κ2) is 5.14. The summed E-state index contributed by atoms with van der Waals surface area (Å²) in [4.78, 5) is 10.1. The van der Waals surface area contributed by atoms with Crippen LogP contribution < -0.4 is 5.73 Å². The van der Waals surface area contributed by atoms with Crippen LogP contribution in [0.4, 0.5) is 11.4 Å². The van der Waals surface area contributed by atoms with Gasteiger partial charge in [-0.15, -0.1) is 0 Å². The second-order valence-corrected chi connectivity index (χ2v) is 3.85. The average Bonchev–Trinajstić information content (AvgIpc) is 2.38. The number of nitro benzene ring substituents is 1. The van der Waals surface area contributed by atoms with Gasteiger partial charge < -0.3 is 5.73 Å². The largest absolute Gasteiger partial charge is 0.399 e. The molecule has 0 bridgehead atoms. The van der Waals surface area contributed by atoms with Crippen molar-refractivity contribution >= 4 is 23.5 Å². The molecule has 0 spiro atoms. The molecule has 0 saturated carbocycles. The first-order chi connectivity index (χ1) is 8.65. The number of benzene rings is 2. The molecule has 2 N–H and O–H groups in total. The van der Waals surface area contributed by atoms with Crippen molar-refractivity contribution in [1.29, 1.82) is 0 Å². The second-order valence-electron chi connectivity index (χ2n) is 3.85. The monoisotopic (exact) mass is 240 g/mol. The van der Waals surface area contributed by atoms with Crippen molar-refractivity contribution in [3.8, 4) is 0 Å². The number of nitrogens with two attached hydrogens (primary N) is 1. The topological polar surface area (TPSA) is 69.2 Å². The highest BCUT2D eigenvalue weighted by molar-refractivity contribution is 5.70. The Bertz CT molecular complexity index is 572. The molecule has 90 valence electrons. The number of hydrogen-bond acceptors (Lipinski definition) is 3. The summed E-state index contributed by atoms with van der Waals surface area (Å²) in [5.74, 6) is 0. The molecule has 2 aromatic rings. The lowest BCUT2D eigenvalue weighted by molar-refractivity contribution is -0.384. The molecule has 18 heavy (non-hydrogen) atoms. The molecule has 2 aromatic carbocycles. The fourth-order valence-corrected chi connectivity index (χ4v) is 1.51. The molecule has 2 rings (SSSR count). The van der Waals surface area contributed by atoms with Crippen LogP contribution in [0.15, 0.2) is 48.5 Å². The molecule has 0 heterocycles. The summed E-state index contributed by atoms with van der Waals surface area (Å²) in [5.41, 5.74) is 8.36. The zero-order chi connectivity index (χ0) is 13.0. The summed E-state index contributed by atoms with van der Waals surface area (Å²) < 4.78 is 0. The first kappa shape index (κ1) is 11.9. The Labute approximate surface area is 105 Å². The molecule has 0 atom stereocenters. The van der Waals surface area contributed by atoms with E-state index in [1.807, 2.05) is 36.4 Å². The molecule has 0 saturated heterocycles. The average molecular weight is 240 g/mol. The molecule has 0 aliphatic rings. The van der Waals surface area contributed by atoms with Gasteiger partial charge in [-0.25, -0.2) is 0 Å². The van der Waals surface area contributed by atoms with Gasteiger partial charge in [-0.1, -0.05) is 24.3 Å². The Kier molecular flexibility index (Phi) is 3.38. The molecule has 0 radical (unpaired) electrons. The van der Waals surface area contributed by atoms with Crippen molar-refractivity contribution in [3.05, 3.63) is 69.8 Å². The third-order valence-corrected chi connectivity index (χ3v) is 2.51. The van der Waals surface area contributed by atoms with Crippen molar-refractivity contribution in [2.45, 2.75) is 0 Å². The minimum atomic E-state index is -0.409. The van der Waals surface area contributed by atoms with Gasteiger partial charge in [-0.3, -0.25) is 10.1 Å². The van der Waals surface area contributed by atoms with E-state index in [2.05, 4.69) is 0 Å². The number of nitrogens with zero attached hydrogens (tertiary/aromatic N) is 1. The smallest absolute Gasteiger partial charge is 0.269 e. The maximum absolute atomic E-state index is 10.5. The van der Waals surface area contributed by atoms with E-state index in [-0.39, 0.29) is 5.69 Å². The number of anilines is 1. The number of rotatable bonds is 3. The summed E-state index contributed by atoms with van der Waals surface area (Å²) in [6.45, 7) is 0. The molecule has 0 aliphatic heterocycles. The SMILES string of the molecule is Nc1ccc(/C=C\c2ccc([N+](=O)[O-])cc2)cc1. The van der Waals surface area contributed by atoms with Crippen LogP contribution >= 0.6 is 0 Å². The van der Waals surface area contributed by atoms with Crippen molar-refractivity contribution in [3.63, 3.8) is 0 Å². The summed E-state index contributed by atoms with van der Waals surface area (Å²) >= 11 is 0. The van der Waals surface area contributed by atoms with E-state index < -0.39 is 4.92 Å². The normalized spacial score (nSPS) is 10.7. The van der Waals surface area contributed by atoms with Crippen LogP contribution in [0.1, 0.15) is 11.1 Å². The van der Waals surface area contributed by atoms with Crippen LogP contribution in [0, 0.1) is 10.1 Å². The third kappa shape index (κ3) is 2.95. The van der Waals surface area contributed by atoms with Gasteiger partial charge in [0.05, 0.1) is 4.92 Å². The highest BCUT2D eigenvalue weighted by Gasteiger charge is 2.01. The van der Waals surface area contributed by atoms with Gasteiger partial charge in [0.25, 0.3) is 5.69 Å². The lowest BCUT2D eigenvalue weighted by atomic mass is 10.1.